The summed E-state index contributed by atoms with van der Waals surface area (Å²) >= 11 is 0. The smallest absolute Gasteiger partial charge is 0.329 e. The third kappa shape index (κ3) is 17.4. The van der Waals surface area contributed by atoms with E-state index in [2.05, 4.69) is 20.4 Å². The van der Waals surface area contributed by atoms with E-state index >= 15 is 9.59 Å². The van der Waals surface area contributed by atoms with Crippen LogP contribution in [0.5, 0.6) is 0 Å². The van der Waals surface area contributed by atoms with Gasteiger partial charge in [0.15, 0.2) is 36.6 Å². The van der Waals surface area contributed by atoms with Crippen molar-refractivity contribution < 1.29 is 76.4 Å². The number of aromatic nitrogens is 4. The zero-order valence-corrected chi connectivity index (χ0v) is 53.1. The molecule has 10 atom stereocenters. The predicted octanol–water partition coefficient (Wildman–Crippen LogP) is 6.35. The van der Waals surface area contributed by atoms with E-state index in [1.165, 1.54) is 42.0 Å². The highest BCUT2D eigenvalue weighted by Crippen LogP contribution is 2.41. The van der Waals surface area contributed by atoms with Gasteiger partial charge in [0.1, 0.15) is 24.2 Å². The fourth-order valence-corrected chi connectivity index (χ4v) is 10.6. The highest BCUT2D eigenvalue weighted by Gasteiger charge is 2.43. The van der Waals surface area contributed by atoms with Crippen molar-refractivity contribution in [2.75, 3.05) is 28.2 Å². The molecular weight excluding hydrogens is 1140 g/mol. The van der Waals surface area contributed by atoms with Crippen LogP contribution in [0.1, 0.15) is 190 Å². The van der Waals surface area contributed by atoms with Crippen LogP contribution < -0.4 is 0 Å². The SMILES string of the molecule is CC(C)C[C@H]1C(=O)O[C@H](Cc2ccc(C(O)c3nnc(C4CC4)o3)cc2)C(=O)N(C)[C@@H](CC(C)C)C(=O)O[C@H](C)C(=O)N(C)[C@@H](CC(C)C)C(=O)O[C@H](Cc2ccc(C(O)c3nnc(C4CC4)o3)cc2)C(=O)N(C)[C@@H](CC(C)C)C(=O)O[C@H](C)C(=O)N1C. The van der Waals surface area contributed by atoms with E-state index in [1.54, 1.807) is 48.5 Å². The van der Waals surface area contributed by atoms with Gasteiger partial charge in [-0.2, -0.15) is 0 Å². The number of esters is 4. The second-order valence-corrected chi connectivity index (χ2v) is 25.6. The normalized spacial score (nSPS) is 24.7. The van der Waals surface area contributed by atoms with Gasteiger partial charge in [0.05, 0.1) is 0 Å². The molecule has 2 aromatic carbocycles. The van der Waals surface area contributed by atoms with E-state index in [9.17, 15) is 39.0 Å². The highest BCUT2D eigenvalue weighted by molar-refractivity contribution is 5.94. The number of nitrogens with zero attached hydrogens (tertiary/aromatic N) is 8. The molecule has 2 aromatic heterocycles. The molecule has 1 saturated heterocycles. The summed E-state index contributed by atoms with van der Waals surface area (Å²) in [7, 11) is 5.40. The Morgan fingerprint density at radius 1 is 0.420 bits per heavy atom. The van der Waals surface area contributed by atoms with Crippen LogP contribution in [-0.4, -0.2) is 174 Å². The molecule has 3 aliphatic rings. The van der Waals surface area contributed by atoms with Gasteiger partial charge >= 0.3 is 23.9 Å². The minimum Gasteiger partial charge on any atom is -0.451 e. The summed E-state index contributed by atoms with van der Waals surface area (Å²) in [6.07, 6.45) is -5.61. The number of cyclic esters (lactones) is 4. The summed E-state index contributed by atoms with van der Waals surface area (Å²) in [5, 5.41) is 38.6. The Kier molecular flexibility index (Phi) is 22.8. The molecule has 3 heterocycles. The average molecular weight is 1230 g/mol. The first-order chi connectivity index (χ1) is 41.5. The van der Waals surface area contributed by atoms with E-state index in [0.29, 0.717) is 34.0 Å². The van der Waals surface area contributed by atoms with Gasteiger partial charge in [-0.3, -0.25) is 19.2 Å². The molecule has 88 heavy (non-hydrogen) atoms. The molecule has 4 aromatic rings. The fourth-order valence-electron chi connectivity index (χ4n) is 10.6. The maximum absolute atomic E-state index is 15.1. The monoisotopic (exact) mass is 1220 g/mol. The topological polar surface area (TPSA) is 305 Å². The van der Waals surface area contributed by atoms with Crippen molar-refractivity contribution in [3.63, 3.8) is 0 Å². The molecule has 0 bridgehead atoms. The standard InChI is InChI=1S/C64H88N8O16/c1-33(2)27-45-61(79)83-37(9)57(75)69(11)48(30-36(7)8)64(82)86-50(32-40-17-21-42(22-18-40)52(74)56-68-66-54(88-56)44-25-26-44)60(78)72(14)46(28-34(3)4)62(80)84-38(10)58(76)70(12)47(29-35(5)6)63(81)85-49(59(77)71(45)13)31-39-15-19-41(20-16-39)51(73)55-67-65-53(87-55)43-23-24-43/h15-22,33-38,43-52,73-74H,23-32H2,1-14H3/t37-,38-,45+,46+,47+,48+,49-,50-,51?,52?/m1/s1. The maximum Gasteiger partial charge on any atom is 0.329 e. The Morgan fingerprint density at radius 3 is 0.966 bits per heavy atom. The summed E-state index contributed by atoms with van der Waals surface area (Å²) in [5.41, 5.74) is 1.74. The fraction of sp³-hybridized carbons (Fsp3) is 0.625. The lowest BCUT2D eigenvalue weighted by Crippen LogP contribution is -2.55. The number of aliphatic hydroxyl groups is 2. The summed E-state index contributed by atoms with van der Waals surface area (Å²) in [6, 6.07) is 7.49. The van der Waals surface area contributed by atoms with Gasteiger partial charge in [-0.25, -0.2) is 19.2 Å². The largest absolute Gasteiger partial charge is 0.451 e. The lowest BCUT2D eigenvalue weighted by molar-refractivity contribution is -0.176. The van der Waals surface area contributed by atoms with Crippen molar-refractivity contribution >= 4 is 47.5 Å². The minimum atomic E-state index is -1.64. The van der Waals surface area contributed by atoms with Gasteiger partial charge < -0.3 is 57.6 Å². The molecule has 2 unspecified atom stereocenters. The molecular formula is C64H88N8O16. The number of amides is 4. The molecule has 0 spiro atoms. The van der Waals surface area contributed by atoms with E-state index in [0.717, 1.165) is 45.3 Å². The summed E-state index contributed by atoms with van der Waals surface area (Å²) in [4.78, 5) is 122. The second-order valence-electron chi connectivity index (χ2n) is 25.6. The highest BCUT2D eigenvalue weighted by atomic mass is 16.6. The van der Waals surface area contributed by atoms with Crippen molar-refractivity contribution in [2.24, 2.45) is 23.7 Å². The van der Waals surface area contributed by atoms with Crippen LogP contribution in [0.2, 0.25) is 0 Å². The number of benzene rings is 2. The number of carbonyl (C=O) groups is 8. The molecule has 0 radical (unpaired) electrons. The first kappa shape index (κ1) is 67.9. The van der Waals surface area contributed by atoms with Crippen LogP contribution in [0.15, 0.2) is 57.4 Å². The first-order valence-corrected chi connectivity index (χ1v) is 30.6. The zero-order valence-electron chi connectivity index (χ0n) is 53.1. The van der Waals surface area contributed by atoms with Crippen molar-refractivity contribution in [1.82, 2.24) is 40.0 Å². The van der Waals surface area contributed by atoms with Gasteiger partial charge in [-0.1, -0.05) is 104 Å². The first-order valence-electron chi connectivity index (χ1n) is 30.6. The molecule has 24 heteroatoms. The Morgan fingerprint density at radius 2 is 0.693 bits per heavy atom. The Balaban J connectivity index is 1.24. The van der Waals surface area contributed by atoms with Gasteiger partial charge in [-0.05, 0) is 111 Å². The number of hydrogen-bond donors (Lipinski definition) is 2. The van der Waals surface area contributed by atoms with Crippen LogP contribution >= 0.6 is 0 Å². The predicted molar refractivity (Wildman–Crippen MR) is 316 cm³/mol. The van der Waals surface area contributed by atoms with E-state index < -0.39 is 108 Å². The lowest BCUT2D eigenvalue weighted by atomic mass is 9.99. The summed E-state index contributed by atoms with van der Waals surface area (Å²) in [6.45, 7) is 17.2. The third-order valence-electron chi connectivity index (χ3n) is 16.1. The Hall–Kier alpha value is -7.60. The molecule has 4 amide bonds. The van der Waals surface area contributed by atoms with Gasteiger partial charge in [0, 0.05) is 52.9 Å². The number of carbonyl (C=O) groups excluding carboxylic acids is 8. The van der Waals surface area contributed by atoms with Gasteiger partial charge in [-0.15, -0.1) is 20.4 Å². The number of aliphatic hydroxyl groups excluding tert-OH is 2. The van der Waals surface area contributed by atoms with Crippen LogP contribution in [0.25, 0.3) is 0 Å². The molecule has 2 saturated carbocycles. The van der Waals surface area contributed by atoms with Crippen LogP contribution in [-0.2, 0) is 70.1 Å². The minimum absolute atomic E-state index is 0.0138. The molecule has 2 N–H and O–H groups in total. The Labute approximate surface area is 514 Å². The van der Waals surface area contributed by atoms with Gasteiger partial charge in [0.2, 0.25) is 23.6 Å². The van der Waals surface area contributed by atoms with Gasteiger partial charge in [0.25, 0.3) is 23.6 Å². The van der Waals surface area contributed by atoms with Crippen molar-refractivity contribution in [1.29, 1.82) is 0 Å². The summed E-state index contributed by atoms with van der Waals surface area (Å²) in [5.74, 6) is -6.87. The quantitative estimate of drug-likeness (QED) is 0.0810. The lowest BCUT2D eigenvalue weighted by Gasteiger charge is -2.35. The molecule has 480 valence electrons. The Bertz CT molecular complexity index is 2860. The number of likely N-dealkylation sites (N-methyl/N-ethyl adjacent to an activating group) is 4. The van der Waals surface area contributed by atoms with Crippen LogP contribution in [0, 0.1) is 23.7 Å². The van der Waals surface area contributed by atoms with E-state index in [4.69, 9.17) is 27.8 Å². The number of hydrogen-bond acceptors (Lipinski definition) is 20. The molecule has 3 fully saturated rings. The molecule has 7 rings (SSSR count). The van der Waals surface area contributed by atoms with Crippen LogP contribution in [0.4, 0.5) is 0 Å². The molecule has 1 aliphatic heterocycles. The van der Waals surface area contributed by atoms with Crippen molar-refractivity contribution in [3.8, 4) is 0 Å². The van der Waals surface area contributed by atoms with E-state index in [-0.39, 0.29) is 85.8 Å². The summed E-state index contributed by atoms with van der Waals surface area (Å²) < 4.78 is 35.7. The number of rotatable bonds is 18. The maximum atomic E-state index is 15.1. The van der Waals surface area contributed by atoms with Crippen LogP contribution in [0.3, 0.4) is 0 Å². The van der Waals surface area contributed by atoms with Crippen molar-refractivity contribution in [2.45, 2.75) is 206 Å². The molecule has 24 nitrogen and oxygen atoms in total. The third-order valence-corrected chi connectivity index (χ3v) is 16.1. The van der Waals surface area contributed by atoms with Crippen molar-refractivity contribution in [3.05, 3.63) is 94.3 Å². The molecule has 2 aliphatic carbocycles. The van der Waals surface area contributed by atoms with E-state index in [1.807, 2.05) is 55.4 Å². The average Bonchev–Trinajstić information content (AvgIpc) is 2.01. The number of ether oxygens (including phenoxy) is 4. The second kappa shape index (κ2) is 29.6. The zero-order chi connectivity index (χ0) is 64.6.